The molecule has 0 saturated carbocycles. The van der Waals surface area contributed by atoms with Crippen molar-refractivity contribution in [3.8, 4) is 5.75 Å². The Balaban J connectivity index is 1.61. The molecule has 2 aromatic carbocycles. The Labute approximate surface area is 239 Å². The van der Waals surface area contributed by atoms with Crippen molar-refractivity contribution in [2.24, 2.45) is 11.8 Å². The number of benzene rings is 2. The van der Waals surface area contributed by atoms with Gasteiger partial charge in [-0.1, -0.05) is 46.4 Å². The SMILES string of the molecule is C[C@]1(O)CC2C(C(=O)Nc3cc(Cl)c(OC(F)F)c(Cl)c3)C(C(=O)O)C3(C(=O)Nc4c(Cl)cc(Cl)cc43)N2C1. The average Bonchev–Trinajstić information content (AvgIpc) is 3.37. The topological polar surface area (TPSA) is 128 Å². The number of carbonyl (C=O) groups is 3. The fourth-order valence-electron chi connectivity index (χ4n) is 6.12. The number of carbonyl (C=O) groups excluding carboxylic acids is 2. The Kier molecular flexibility index (Phi) is 6.93. The summed E-state index contributed by atoms with van der Waals surface area (Å²) in [4.78, 5) is 41.8. The number of aliphatic hydroxyl groups is 1. The molecule has 39 heavy (non-hydrogen) atoms. The van der Waals surface area contributed by atoms with E-state index in [-0.39, 0.29) is 50.0 Å². The summed E-state index contributed by atoms with van der Waals surface area (Å²) < 4.78 is 29.7. The van der Waals surface area contributed by atoms with E-state index in [2.05, 4.69) is 15.4 Å². The highest BCUT2D eigenvalue weighted by atomic mass is 35.5. The largest absolute Gasteiger partial charge is 0.481 e. The lowest BCUT2D eigenvalue weighted by molar-refractivity contribution is -0.152. The molecular weight excluding hydrogens is 606 g/mol. The summed E-state index contributed by atoms with van der Waals surface area (Å²) in [5.41, 5.74) is -2.98. The molecule has 1 spiro atoms. The molecule has 3 heterocycles. The summed E-state index contributed by atoms with van der Waals surface area (Å²) in [5.74, 6) is -6.51. The van der Waals surface area contributed by atoms with Crippen LogP contribution in [0.4, 0.5) is 20.2 Å². The zero-order chi connectivity index (χ0) is 28.6. The molecule has 9 nitrogen and oxygen atoms in total. The third kappa shape index (κ3) is 4.39. The van der Waals surface area contributed by atoms with Gasteiger partial charge in [-0.05, 0) is 37.6 Å². The minimum absolute atomic E-state index is 0.0274. The number of aliphatic carboxylic acids is 1. The van der Waals surface area contributed by atoms with Crippen LogP contribution in [0.5, 0.6) is 5.75 Å². The van der Waals surface area contributed by atoms with Crippen LogP contribution in [0.15, 0.2) is 24.3 Å². The smallest absolute Gasteiger partial charge is 0.387 e. The lowest BCUT2D eigenvalue weighted by Gasteiger charge is -2.36. The Morgan fingerprint density at radius 1 is 1.15 bits per heavy atom. The number of anilines is 2. The van der Waals surface area contributed by atoms with Gasteiger partial charge in [0.05, 0.1) is 32.3 Å². The van der Waals surface area contributed by atoms with Crippen molar-refractivity contribution in [2.45, 2.75) is 37.1 Å². The highest BCUT2D eigenvalue weighted by molar-refractivity contribution is 6.38. The second-order valence-corrected chi connectivity index (χ2v) is 11.6. The van der Waals surface area contributed by atoms with Crippen LogP contribution in [-0.4, -0.2) is 57.7 Å². The number of hydrogen-bond acceptors (Lipinski definition) is 6. The number of carboxylic acid groups (broad SMARTS) is 1. The van der Waals surface area contributed by atoms with Crippen molar-refractivity contribution >= 4 is 75.6 Å². The van der Waals surface area contributed by atoms with Crippen LogP contribution in [0.1, 0.15) is 18.9 Å². The fraction of sp³-hybridized carbons (Fsp3) is 0.375. The summed E-state index contributed by atoms with van der Waals surface area (Å²) in [7, 11) is 0. The van der Waals surface area contributed by atoms with E-state index in [0.29, 0.717) is 0 Å². The van der Waals surface area contributed by atoms with Crippen molar-refractivity contribution < 1.29 is 38.1 Å². The van der Waals surface area contributed by atoms with Crippen LogP contribution < -0.4 is 15.4 Å². The maximum absolute atomic E-state index is 13.8. The Morgan fingerprint density at radius 2 is 1.79 bits per heavy atom. The van der Waals surface area contributed by atoms with Gasteiger partial charge in [0, 0.05) is 28.9 Å². The van der Waals surface area contributed by atoms with E-state index in [1.54, 1.807) is 0 Å². The molecule has 4 N–H and O–H groups in total. The van der Waals surface area contributed by atoms with Gasteiger partial charge in [0.2, 0.25) is 5.91 Å². The number of fused-ring (bicyclic) bond motifs is 4. The lowest BCUT2D eigenvalue weighted by Crippen LogP contribution is -2.54. The number of nitrogens with one attached hydrogen (secondary N) is 2. The van der Waals surface area contributed by atoms with Crippen LogP contribution in [0.2, 0.25) is 20.1 Å². The molecule has 2 aromatic rings. The molecule has 5 atom stereocenters. The highest BCUT2D eigenvalue weighted by Crippen LogP contribution is 2.60. The van der Waals surface area contributed by atoms with Gasteiger partial charge >= 0.3 is 12.6 Å². The second kappa shape index (κ2) is 9.60. The van der Waals surface area contributed by atoms with E-state index in [4.69, 9.17) is 46.4 Å². The van der Waals surface area contributed by atoms with E-state index in [1.807, 2.05) is 0 Å². The summed E-state index contributed by atoms with van der Waals surface area (Å²) >= 11 is 24.6. The molecule has 3 aliphatic rings. The van der Waals surface area contributed by atoms with Crippen LogP contribution in [0, 0.1) is 11.8 Å². The first-order valence-electron chi connectivity index (χ1n) is 11.4. The molecule has 0 bridgehead atoms. The van der Waals surface area contributed by atoms with E-state index in [1.165, 1.54) is 24.0 Å². The van der Waals surface area contributed by atoms with Crippen molar-refractivity contribution in [1.82, 2.24) is 4.90 Å². The summed E-state index contributed by atoms with van der Waals surface area (Å²) in [6, 6.07) is 4.14. The molecule has 0 aromatic heterocycles. The van der Waals surface area contributed by atoms with Crippen LogP contribution in [-0.2, 0) is 19.9 Å². The van der Waals surface area contributed by atoms with Crippen LogP contribution in [0.3, 0.4) is 0 Å². The van der Waals surface area contributed by atoms with Gasteiger partial charge in [-0.3, -0.25) is 19.3 Å². The predicted molar refractivity (Wildman–Crippen MR) is 139 cm³/mol. The van der Waals surface area contributed by atoms with Crippen LogP contribution in [0.25, 0.3) is 0 Å². The molecule has 5 rings (SSSR count). The Hall–Kier alpha value is -2.41. The summed E-state index contributed by atoms with van der Waals surface area (Å²) in [6.07, 6.45) is -0.0315. The number of hydrogen-bond donors (Lipinski definition) is 4. The van der Waals surface area contributed by atoms with Gasteiger partial charge in [0.15, 0.2) is 5.75 Å². The summed E-state index contributed by atoms with van der Waals surface area (Å²) in [5, 5.41) is 26.2. The van der Waals surface area contributed by atoms with Gasteiger partial charge in [0.25, 0.3) is 5.91 Å². The Morgan fingerprint density at radius 3 is 2.38 bits per heavy atom. The molecule has 3 aliphatic heterocycles. The van der Waals surface area contributed by atoms with Crippen molar-refractivity contribution in [3.63, 3.8) is 0 Å². The average molecular weight is 625 g/mol. The minimum Gasteiger partial charge on any atom is -0.481 e. The minimum atomic E-state index is -3.20. The van der Waals surface area contributed by atoms with Crippen molar-refractivity contribution in [3.05, 3.63) is 49.9 Å². The normalized spacial score (nSPS) is 29.5. The van der Waals surface area contributed by atoms with Gasteiger partial charge in [-0.25, -0.2) is 0 Å². The van der Waals surface area contributed by atoms with Crippen LogP contribution >= 0.6 is 46.4 Å². The first-order valence-corrected chi connectivity index (χ1v) is 13.0. The number of rotatable bonds is 5. The van der Waals surface area contributed by atoms with Crippen molar-refractivity contribution in [1.29, 1.82) is 0 Å². The zero-order valence-electron chi connectivity index (χ0n) is 19.8. The number of ether oxygens (including phenoxy) is 1. The van der Waals surface area contributed by atoms with Gasteiger partial charge in [0.1, 0.15) is 11.5 Å². The van der Waals surface area contributed by atoms with E-state index >= 15 is 0 Å². The summed E-state index contributed by atoms with van der Waals surface area (Å²) in [6.45, 7) is -1.81. The molecule has 2 amide bonds. The molecule has 2 fully saturated rings. The number of carboxylic acids is 1. The van der Waals surface area contributed by atoms with E-state index in [0.717, 1.165) is 12.1 Å². The molecule has 4 unspecified atom stereocenters. The second-order valence-electron chi connectivity index (χ2n) is 9.91. The third-order valence-corrected chi connectivity index (χ3v) is 8.41. The Bertz CT molecular complexity index is 1400. The zero-order valence-corrected chi connectivity index (χ0v) is 22.8. The molecular formula is C24H19Cl4F2N3O6. The van der Waals surface area contributed by atoms with Gasteiger partial charge < -0.3 is 25.6 Å². The molecule has 0 radical (unpaired) electrons. The lowest BCUT2D eigenvalue weighted by atomic mass is 9.73. The third-order valence-electron chi connectivity index (χ3n) is 7.33. The first-order chi connectivity index (χ1) is 18.2. The molecule has 2 saturated heterocycles. The number of nitrogens with zero attached hydrogens (tertiary/aromatic N) is 1. The molecule has 15 heteroatoms. The van der Waals surface area contributed by atoms with E-state index in [9.17, 15) is 33.4 Å². The standard InChI is InChI=1S/C24H19Cl4F2N3O6/c1-23(38)6-14-15(19(34)31-9-4-12(27)18(13(28)5-9)39-22(29)30)16(20(35)36)24(33(14)7-23)10-2-8(25)3-11(26)17(10)32-21(24)37/h2-5,14-16,22,38H,6-7H2,1H3,(H,31,34)(H,32,37)(H,35,36)/t14?,15?,16?,23-,24?/m0/s1. The molecule has 208 valence electrons. The van der Waals surface area contributed by atoms with Gasteiger partial charge in [-0.2, -0.15) is 8.78 Å². The van der Waals surface area contributed by atoms with E-state index < -0.39 is 59.2 Å². The number of halogens is 6. The monoisotopic (exact) mass is 623 g/mol. The first kappa shape index (κ1) is 28.1. The number of amides is 2. The predicted octanol–water partition coefficient (Wildman–Crippen LogP) is 4.84. The maximum Gasteiger partial charge on any atom is 0.387 e. The van der Waals surface area contributed by atoms with Gasteiger partial charge in [-0.15, -0.1) is 0 Å². The quantitative estimate of drug-likeness (QED) is 0.375. The molecule has 0 aliphatic carbocycles. The highest BCUT2D eigenvalue weighted by Gasteiger charge is 2.73. The number of alkyl halides is 2. The fourth-order valence-corrected chi connectivity index (χ4v) is 7.24. The van der Waals surface area contributed by atoms with Crippen molar-refractivity contribution in [2.75, 3.05) is 17.2 Å². The maximum atomic E-state index is 13.8.